The number of hydrogen-bond donors (Lipinski definition) is 0. The Morgan fingerprint density at radius 3 is 2.63 bits per heavy atom. The van der Waals surface area contributed by atoms with Crippen LogP contribution in [0.3, 0.4) is 0 Å². The zero-order valence-corrected chi connectivity index (χ0v) is 17.5. The Kier molecular flexibility index (Phi) is 4.34. The van der Waals surface area contributed by atoms with E-state index in [-0.39, 0.29) is 0 Å². The molecule has 0 unspecified atom stereocenters. The molecule has 0 bridgehead atoms. The number of nitrogens with one attached hydrogen (secondary N) is 1. The highest BCUT2D eigenvalue weighted by molar-refractivity contribution is 7.19. The summed E-state index contributed by atoms with van der Waals surface area (Å²) in [5, 5.41) is 1.29. The fraction of sp³-hybridized carbons (Fsp3) is 0.304. The first-order valence-electron chi connectivity index (χ1n) is 10.6. The van der Waals surface area contributed by atoms with Crippen LogP contribution in [-0.2, 0) is 12.8 Å². The van der Waals surface area contributed by atoms with Gasteiger partial charge in [0.25, 0.3) is 5.82 Å². The number of aryl methyl sites for hydroxylation is 2. The molecule has 6 nitrogen and oxygen atoms in total. The molecule has 4 aromatic heterocycles. The highest BCUT2D eigenvalue weighted by Crippen LogP contribution is 2.41. The summed E-state index contributed by atoms with van der Waals surface area (Å²) < 4.78 is 0. The van der Waals surface area contributed by atoms with Gasteiger partial charge < -0.3 is 4.90 Å². The maximum atomic E-state index is 5.10. The second kappa shape index (κ2) is 7.32. The maximum Gasteiger partial charge on any atom is 0.274 e. The normalized spacial score (nSPS) is 16.3. The monoisotopic (exact) mass is 415 g/mol. The van der Waals surface area contributed by atoms with Crippen molar-refractivity contribution in [3.63, 3.8) is 0 Å². The van der Waals surface area contributed by atoms with Crippen molar-refractivity contribution >= 4 is 33.2 Å². The van der Waals surface area contributed by atoms with Gasteiger partial charge in [0.2, 0.25) is 0 Å². The minimum atomic E-state index is 0.782. The van der Waals surface area contributed by atoms with E-state index in [0.29, 0.717) is 0 Å². The molecule has 1 fully saturated rings. The van der Waals surface area contributed by atoms with E-state index in [1.54, 1.807) is 6.20 Å². The summed E-state index contributed by atoms with van der Waals surface area (Å²) >= 11 is 1.86. The van der Waals surface area contributed by atoms with Crippen LogP contribution in [0.4, 0.5) is 11.6 Å². The number of aromatic amines is 1. The summed E-state index contributed by atoms with van der Waals surface area (Å²) in [6.45, 7) is 3.85. The number of H-pyrrole nitrogens is 1. The molecule has 0 amide bonds. The van der Waals surface area contributed by atoms with Crippen molar-refractivity contribution < 1.29 is 4.98 Å². The van der Waals surface area contributed by atoms with Crippen molar-refractivity contribution in [3.8, 4) is 11.4 Å². The third-order valence-electron chi connectivity index (χ3n) is 6.08. The van der Waals surface area contributed by atoms with Gasteiger partial charge in [-0.3, -0.25) is 9.88 Å². The standard InChI is InChI=1S/C23H22N6S/c1-2-10-25-19(8-1)28-11-13-29(14-12-28)22-20-17-6-3-7-18(17)30-23(20)27-21(26-22)16-5-4-9-24-15-16/h1-2,4-5,8-10,15H,3,6-7,11-14H2/p+1. The van der Waals surface area contributed by atoms with E-state index in [9.17, 15) is 0 Å². The van der Waals surface area contributed by atoms with Gasteiger partial charge in [0.05, 0.1) is 24.7 Å². The van der Waals surface area contributed by atoms with E-state index >= 15 is 0 Å². The lowest BCUT2D eigenvalue weighted by atomic mass is 10.1. The maximum absolute atomic E-state index is 5.10. The topological polar surface area (TPSA) is 59.3 Å². The first kappa shape index (κ1) is 17.8. The zero-order chi connectivity index (χ0) is 19.9. The number of anilines is 2. The van der Waals surface area contributed by atoms with Gasteiger partial charge in [0.15, 0.2) is 5.82 Å². The Balaban J connectivity index is 1.39. The van der Waals surface area contributed by atoms with Crippen molar-refractivity contribution in [1.82, 2.24) is 15.0 Å². The van der Waals surface area contributed by atoms with Crippen molar-refractivity contribution in [3.05, 3.63) is 59.4 Å². The largest absolute Gasteiger partial charge is 0.348 e. The summed E-state index contributed by atoms with van der Waals surface area (Å²) in [4.78, 5) is 25.2. The van der Waals surface area contributed by atoms with Crippen LogP contribution in [-0.4, -0.2) is 41.1 Å². The van der Waals surface area contributed by atoms with Gasteiger partial charge in [-0.2, -0.15) is 0 Å². The average molecular weight is 416 g/mol. The van der Waals surface area contributed by atoms with Crippen LogP contribution in [0.25, 0.3) is 21.6 Å². The fourth-order valence-corrected chi connectivity index (χ4v) is 5.83. The lowest BCUT2D eigenvalue weighted by Crippen LogP contribution is -2.48. The molecule has 5 heterocycles. The van der Waals surface area contributed by atoms with Crippen LogP contribution < -0.4 is 14.8 Å². The summed E-state index contributed by atoms with van der Waals surface area (Å²) in [5.41, 5.74) is 2.47. The minimum absolute atomic E-state index is 0.782. The number of pyridine rings is 2. The smallest absolute Gasteiger partial charge is 0.274 e. The third-order valence-corrected chi connectivity index (χ3v) is 7.26. The second-order valence-electron chi connectivity index (χ2n) is 7.87. The van der Waals surface area contributed by atoms with E-state index in [1.807, 2.05) is 41.9 Å². The van der Waals surface area contributed by atoms with Crippen molar-refractivity contribution in [2.75, 3.05) is 36.0 Å². The van der Waals surface area contributed by atoms with Gasteiger partial charge in [0.1, 0.15) is 23.7 Å². The molecule has 0 aromatic carbocycles. The van der Waals surface area contributed by atoms with E-state index in [0.717, 1.165) is 54.6 Å². The Labute approximate surface area is 179 Å². The molecule has 150 valence electrons. The van der Waals surface area contributed by atoms with Gasteiger partial charge in [-0.1, -0.05) is 6.07 Å². The van der Waals surface area contributed by atoms with Crippen LogP contribution in [0.15, 0.2) is 48.9 Å². The molecular formula is C23H23N6S+. The summed E-state index contributed by atoms with van der Waals surface area (Å²) in [5.74, 6) is 3.07. The SMILES string of the molecule is c1ccc(N2CCN(c3nc(-c4cccnc4)nc4sc5c(c34)CCC5)CC2)[nH+]c1. The van der Waals surface area contributed by atoms with Crippen LogP contribution in [0.2, 0.25) is 0 Å². The molecule has 0 radical (unpaired) electrons. The summed E-state index contributed by atoms with van der Waals surface area (Å²) in [7, 11) is 0. The summed E-state index contributed by atoms with van der Waals surface area (Å²) in [6.07, 6.45) is 9.22. The van der Waals surface area contributed by atoms with E-state index in [2.05, 4.69) is 31.9 Å². The van der Waals surface area contributed by atoms with Gasteiger partial charge in [0, 0.05) is 28.9 Å². The quantitative estimate of drug-likeness (QED) is 0.513. The number of aromatic nitrogens is 4. The highest BCUT2D eigenvalue weighted by Gasteiger charge is 2.29. The molecule has 6 rings (SSSR count). The van der Waals surface area contributed by atoms with Crippen LogP contribution in [0.5, 0.6) is 0 Å². The number of fused-ring (bicyclic) bond motifs is 3. The third kappa shape index (κ3) is 3.01. The minimum Gasteiger partial charge on any atom is -0.348 e. The molecule has 0 spiro atoms. The molecule has 7 heteroatoms. The number of rotatable bonds is 3. The first-order chi connectivity index (χ1) is 14.9. The predicted octanol–water partition coefficient (Wildman–Crippen LogP) is 3.38. The van der Waals surface area contributed by atoms with Crippen molar-refractivity contribution in [2.45, 2.75) is 19.3 Å². The Bertz CT molecular complexity index is 1180. The Hall–Kier alpha value is -3.06. The average Bonchev–Trinajstić information content (AvgIpc) is 3.41. The number of thiophene rings is 1. The molecule has 1 N–H and O–H groups in total. The predicted molar refractivity (Wildman–Crippen MR) is 120 cm³/mol. The van der Waals surface area contributed by atoms with Crippen LogP contribution in [0.1, 0.15) is 16.9 Å². The number of nitrogens with zero attached hydrogens (tertiary/aromatic N) is 5. The van der Waals surface area contributed by atoms with Crippen LogP contribution >= 0.6 is 11.3 Å². The van der Waals surface area contributed by atoms with E-state index < -0.39 is 0 Å². The molecule has 4 aromatic rings. The second-order valence-corrected chi connectivity index (χ2v) is 8.96. The molecule has 1 saturated heterocycles. The molecule has 1 aliphatic heterocycles. The lowest BCUT2D eigenvalue weighted by molar-refractivity contribution is -0.364. The Morgan fingerprint density at radius 2 is 1.83 bits per heavy atom. The van der Waals surface area contributed by atoms with Gasteiger partial charge >= 0.3 is 0 Å². The zero-order valence-electron chi connectivity index (χ0n) is 16.7. The molecule has 30 heavy (non-hydrogen) atoms. The molecule has 0 atom stereocenters. The van der Waals surface area contributed by atoms with E-state index in [1.165, 1.54) is 34.5 Å². The lowest BCUT2D eigenvalue weighted by Gasteiger charge is -2.32. The highest BCUT2D eigenvalue weighted by atomic mass is 32.1. The van der Waals surface area contributed by atoms with E-state index in [4.69, 9.17) is 9.97 Å². The first-order valence-corrected chi connectivity index (χ1v) is 11.4. The Morgan fingerprint density at radius 1 is 0.933 bits per heavy atom. The summed E-state index contributed by atoms with van der Waals surface area (Å²) in [6, 6.07) is 10.2. The van der Waals surface area contributed by atoms with Gasteiger partial charge in [-0.25, -0.2) is 15.0 Å². The molecule has 1 aliphatic carbocycles. The number of piperazine rings is 1. The van der Waals surface area contributed by atoms with Gasteiger partial charge in [-0.05, 0) is 43.0 Å². The van der Waals surface area contributed by atoms with Crippen molar-refractivity contribution in [1.29, 1.82) is 0 Å². The molecule has 2 aliphatic rings. The number of hydrogen-bond acceptors (Lipinski definition) is 6. The van der Waals surface area contributed by atoms with Crippen LogP contribution in [0, 0.1) is 0 Å². The molecule has 0 saturated carbocycles. The molecular weight excluding hydrogens is 392 g/mol. The van der Waals surface area contributed by atoms with Gasteiger partial charge in [-0.15, -0.1) is 11.3 Å². The van der Waals surface area contributed by atoms with Crippen molar-refractivity contribution in [2.24, 2.45) is 0 Å². The fourth-order valence-electron chi connectivity index (χ4n) is 4.57.